The predicted octanol–water partition coefficient (Wildman–Crippen LogP) is 1.02. The number of rotatable bonds is 2. The Morgan fingerprint density at radius 3 is 2.50 bits per heavy atom. The minimum absolute atomic E-state index is 0.00954. The quantitative estimate of drug-likeness (QED) is 0.756. The molecule has 16 heavy (non-hydrogen) atoms. The number of amides is 1. The second-order valence-electron chi connectivity index (χ2n) is 4.89. The number of carbonyl (C=O) groups is 1. The Morgan fingerprint density at radius 1 is 1.31 bits per heavy atom. The summed E-state index contributed by atoms with van der Waals surface area (Å²) in [7, 11) is 0. The van der Waals surface area contributed by atoms with E-state index in [1.54, 1.807) is 4.90 Å². The zero-order valence-corrected chi connectivity index (χ0v) is 9.56. The molecule has 0 aromatic heterocycles. The van der Waals surface area contributed by atoms with Crippen LogP contribution in [0.3, 0.4) is 0 Å². The average molecular weight is 221 g/mol. The number of nitrogens with zero attached hydrogens (tertiary/aromatic N) is 2. The summed E-state index contributed by atoms with van der Waals surface area (Å²) in [6.07, 6.45) is 6.58. The largest absolute Gasteiger partial charge is 0.325 e. The van der Waals surface area contributed by atoms with Crippen LogP contribution in [-0.2, 0) is 4.79 Å². The summed E-state index contributed by atoms with van der Waals surface area (Å²) in [6, 6.07) is 1.54. The van der Waals surface area contributed by atoms with Crippen molar-refractivity contribution in [3.63, 3.8) is 0 Å². The van der Waals surface area contributed by atoms with Crippen molar-refractivity contribution < 1.29 is 4.79 Å². The normalized spacial score (nSPS) is 28.0. The van der Waals surface area contributed by atoms with E-state index < -0.39 is 0 Å². The Morgan fingerprint density at radius 2 is 2.00 bits per heavy atom. The monoisotopic (exact) mass is 221 g/mol. The van der Waals surface area contributed by atoms with Gasteiger partial charge >= 0.3 is 0 Å². The maximum absolute atomic E-state index is 12.0. The van der Waals surface area contributed by atoms with E-state index in [0.29, 0.717) is 12.5 Å². The van der Waals surface area contributed by atoms with E-state index in [1.807, 2.05) is 0 Å². The van der Waals surface area contributed by atoms with Crippen molar-refractivity contribution in [1.82, 2.24) is 4.90 Å². The molecule has 2 rings (SSSR count). The number of hydrogen-bond donors (Lipinski definition) is 1. The lowest BCUT2D eigenvalue weighted by Crippen LogP contribution is -2.57. The van der Waals surface area contributed by atoms with Crippen LogP contribution < -0.4 is 5.73 Å². The molecule has 0 unspecified atom stereocenters. The lowest BCUT2D eigenvalue weighted by molar-refractivity contribution is -0.139. The Kier molecular flexibility index (Phi) is 3.45. The van der Waals surface area contributed by atoms with Crippen molar-refractivity contribution in [2.75, 3.05) is 6.54 Å². The molecule has 1 saturated heterocycles. The first-order chi connectivity index (χ1) is 7.74. The number of nitrogens with two attached hydrogens (primary N) is 1. The second kappa shape index (κ2) is 4.84. The number of likely N-dealkylation sites (tertiary alicyclic amines) is 1. The topological polar surface area (TPSA) is 70.1 Å². The van der Waals surface area contributed by atoms with Crippen molar-refractivity contribution in [1.29, 1.82) is 5.26 Å². The summed E-state index contributed by atoms with van der Waals surface area (Å²) in [5, 5.41) is 8.81. The number of carbonyl (C=O) groups excluding carboxylic acids is 1. The smallest absolute Gasteiger partial charge is 0.240 e. The van der Waals surface area contributed by atoms with Gasteiger partial charge in [0.25, 0.3) is 0 Å². The molecule has 2 atom stereocenters. The molecule has 1 aliphatic heterocycles. The Hall–Kier alpha value is -1.08. The highest BCUT2D eigenvalue weighted by molar-refractivity contribution is 5.83. The summed E-state index contributed by atoms with van der Waals surface area (Å²) in [5.41, 5.74) is 6.02. The van der Waals surface area contributed by atoms with Gasteiger partial charge in [0.05, 0.1) is 12.1 Å². The fraction of sp³-hybridized carbons (Fsp3) is 0.833. The molecule has 0 bridgehead atoms. The van der Waals surface area contributed by atoms with Gasteiger partial charge in [0.1, 0.15) is 6.04 Å². The van der Waals surface area contributed by atoms with E-state index in [-0.39, 0.29) is 18.0 Å². The molecular weight excluding hydrogens is 202 g/mol. The molecule has 1 aliphatic carbocycles. The number of nitriles is 1. The van der Waals surface area contributed by atoms with E-state index in [4.69, 9.17) is 11.0 Å². The van der Waals surface area contributed by atoms with Crippen LogP contribution >= 0.6 is 0 Å². The van der Waals surface area contributed by atoms with E-state index in [1.165, 1.54) is 19.3 Å². The van der Waals surface area contributed by atoms with E-state index in [9.17, 15) is 4.79 Å². The molecule has 0 radical (unpaired) electrons. The highest BCUT2D eigenvalue weighted by atomic mass is 16.2. The van der Waals surface area contributed by atoms with E-state index >= 15 is 0 Å². The highest BCUT2D eigenvalue weighted by Gasteiger charge is 2.37. The molecule has 0 spiro atoms. The molecule has 2 aliphatic rings. The first-order valence-corrected chi connectivity index (χ1v) is 6.19. The van der Waals surface area contributed by atoms with E-state index in [0.717, 1.165) is 19.3 Å². The molecule has 1 saturated carbocycles. The summed E-state index contributed by atoms with van der Waals surface area (Å²) in [4.78, 5) is 13.7. The first kappa shape index (κ1) is 11.4. The first-order valence-electron chi connectivity index (χ1n) is 6.19. The van der Waals surface area contributed by atoms with Gasteiger partial charge in [-0.05, 0) is 25.2 Å². The third-order valence-electron chi connectivity index (χ3n) is 3.89. The molecule has 1 amide bonds. The molecule has 0 aromatic rings. The molecular formula is C12H19N3O. The summed E-state index contributed by atoms with van der Waals surface area (Å²) in [6.45, 7) is 0.706. The van der Waals surface area contributed by atoms with Gasteiger partial charge in [-0.1, -0.05) is 19.3 Å². The maximum Gasteiger partial charge on any atom is 0.240 e. The maximum atomic E-state index is 12.0. The molecule has 88 valence electrons. The van der Waals surface area contributed by atoms with Crippen molar-refractivity contribution >= 4 is 5.91 Å². The van der Waals surface area contributed by atoms with Crippen LogP contribution in [0.2, 0.25) is 0 Å². The molecule has 4 heteroatoms. The van der Waals surface area contributed by atoms with Gasteiger partial charge in [-0.3, -0.25) is 4.79 Å². The van der Waals surface area contributed by atoms with Gasteiger partial charge in [-0.2, -0.15) is 5.26 Å². The lowest BCUT2D eigenvalue weighted by atomic mass is 9.83. The molecule has 0 aromatic carbocycles. The summed E-state index contributed by atoms with van der Waals surface area (Å²) in [5.74, 6) is 0.325. The van der Waals surface area contributed by atoms with Crippen molar-refractivity contribution in [3.05, 3.63) is 0 Å². The van der Waals surface area contributed by atoms with Gasteiger partial charge in [-0.25, -0.2) is 0 Å². The Labute approximate surface area is 96.4 Å². The summed E-state index contributed by atoms with van der Waals surface area (Å²) >= 11 is 0. The predicted molar refractivity (Wildman–Crippen MR) is 60.3 cm³/mol. The minimum atomic E-state index is -0.378. The molecule has 4 nitrogen and oxygen atoms in total. The molecule has 2 N–H and O–H groups in total. The van der Waals surface area contributed by atoms with Crippen LogP contribution in [0.5, 0.6) is 0 Å². The SMILES string of the molecule is N#C[C@@H]1CCN1C(=O)[C@H](N)C1CCCCC1. The van der Waals surface area contributed by atoms with Gasteiger partial charge in [0.15, 0.2) is 0 Å². The zero-order valence-electron chi connectivity index (χ0n) is 9.56. The van der Waals surface area contributed by atoms with Crippen molar-refractivity contribution in [3.8, 4) is 6.07 Å². The summed E-state index contributed by atoms with van der Waals surface area (Å²) < 4.78 is 0. The average Bonchev–Trinajstić information content (AvgIpc) is 2.28. The fourth-order valence-electron chi connectivity index (χ4n) is 2.67. The van der Waals surface area contributed by atoms with Gasteiger partial charge in [0.2, 0.25) is 5.91 Å². The zero-order chi connectivity index (χ0) is 11.5. The number of hydrogen-bond acceptors (Lipinski definition) is 3. The lowest BCUT2D eigenvalue weighted by Gasteiger charge is -2.39. The van der Waals surface area contributed by atoms with Crippen LogP contribution in [0.15, 0.2) is 0 Å². The van der Waals surface area contributed by atoms with Crippen molar-refractivity contribution in [2.24, 2.45) is 11.7 Å². The van der Waals surface area contributed by atoms with Crippen LogP contribution in [0.4, 0.5) is 0 Å². The molecule has 1 heterocycles. The fourth-order valence-corrected chi connectivity index (χ4v) is 2.67. The van der Waals surface area contributed by atoms with Crippen LogP contribution in [0.1, 0.15) is 38.5 Å². The van der Waals surface area contributed by atoms with Gasteiger partial charge in [-0.15, -0.1) is 0 Å². The second-order valence-corrected chi connectivity index (χ2v) is 4.89. The van der Waals surface area contributed by atoms with Crippen LogP contribution in [0, 0.1) is 17.2 Å². The van der Waals surface area contributed by atoms with E-state index in [2.05, 4.69) is 6.07 Å². The Bertz CT molecular complexity index is 304. The van der Waals surface area contributed by atoms with Gasteiger partial charge in [0, 0.05) is 6.54 Å². The van der Waals surface area contributed by atoms with Crippen LogP contribution in [-0.4, -0.2) is 29.4 Å². The third-order valence-corrected chi connectivity index (χ3v) is 3.89. The van der Waals surface area contributed by atoms with Crippen LogP contribution in [0.25, 0.3) is 0 Å². The molecule has 2 fully saturated rings. The van der Waals surface area contributed by atoms with Crippen molar-refractivity contribution in [2.45, 2.75) is 50.6 Å². The van der Waals surface area contributed by atoms with Gasteiger partial charge < -0.3 is 10.6 Å². The minimum Gasteiger partial charge on any atom is -0.325 e. The Balaban J connectivity index is 1.91. The third kappa shape index (κ3) is 2.05. The standard InChI is InChI=1S/C12H19N3O/c13-8-10-6-7-15(10)12(16)11(14)9-4-2-1-3-5-9/h9-11H,1-7,14H2/t10-,11+/m0/s1. The highest BCUT2D eigenvalue weighted by Crippen LogP contribution is 2.28.